The second-order valence-corrected chi connectivity index (χ2v) is 8.24. The summed E-state index contributed by atoms with van der Waals surface area (Å²) in [7, 11) is 1.28. The maximum Gasteiger partial charge on any atom is 0.524 e. The fourth-order valence-electron chi connectivity index (χ4n) is 3.33. The summed E-state index contributed by atoms with van der Waals surface area (Å²) in [6.45, 7) is 4.36. The minimum atomic E-state index is -0.673. The quantitative estimate of drug-likeness (QED) is 0.659. The minimum Gasteiger partial charge on any atom is -0.423 e. The summed E-state index contributed by atoms with van der Waals surface area (Å²) in [4.78, 5) is 37.2. The first-order valence-corrected chi connectivity index (χ1v) is 8.24. The Morgan fingerprint density at radius 1 is 1.30 bits per heavy atom. The number of hydrogen-bond donors (Lipinski definition) is 1. The van der Waals surface area contributed by atoms with E-state index >= 15 is 0 Å². The van der Waals surface area contributed by atoms with Gasteiger partial charge in [-0.2, -0.15) is 4.79 Å². The van der Waals surface area contributed by atoms with Gasteiger partial charge >= 0.3 is 12.0 Å². The molecule has 2 unspecified atom stereocenters. The average Bonchev–Trinajstić information content (AvgIpc) is 2.81. The van der Waals surface area contributed by atoms with Gasteiger partial charge in [0.25, 0.3) is 5.91 Å². The Morgan fingerprint density at radius 2 is 1.96 bits per heavy atom. The second kappa shape index (κ2) is 5.35. The third kappa shape index (κ3) is 2.35. The molecular formula is C16H19N2O4S+. The van der Waals surface area contributed by atoms with E-state index in [9.17, 15) is 14.4 Å². The number of rotatable bonds is 2. The molecule has 0 radical (unpaired) electrons. The van der Waals surface area contributed by atoms with E-state index in [2.05, 4.69) is 5.32 Å². The first-order valence-electron chi connectivity index (χ1n) is 7.36. The Hall–Kier alpha value is -1.86. The SMILES string of the molecule is COC(=O)[N+]12CC(C)(C)S[C@H]1C(NC(=O)c1ccccc1)C2=O. The van der Waals surface area contributed by atoms with Crippen LogP contribution in [0.2, 0.25) is 0 Å². The van der Waals surface area contributed by atoms with Gasteiger partial charge < -0.3 is 10.1 Å². The molecule has 122 valence electrons. The molecule has 0 aromatic heterocycles. The molecule has 0 aliphatic carbocycles. The summed E-state index contributed by atoms with van der Waals surface area (Å²) in [5, 5.41) is 2.43. The summed E-state index contributed by atoms with van der Waals surface area (Å²) in [6, 6.07) is 8.05. The number of methoxy groups -OCH3 is 1. The second-order valence-electron chi connectivity index (χ2n) is 6.42. The van der Waals surface area contributed by atoms with Gasteiger partial charge in [-0.25, -0.2) is 4.79 Å². The highest BCUT2D eigenvalue weighted by Gasteiger charge is 2.76. The van der Waals surface area contributed by atoms with Gasteiger partial charge in [0.05, 0.1) is 11.9 Å². The van der Waals surface area contributed by atoms with Crippen LogP contribution < -0.4 is 5.32 Å². The highest BCUT2D eigenvalue weighted by atomic mass is 32.2. The van der Waals surface area contributed by atoms with Gasteiger partial charge in [-0.1, -0.05) is 30.0 Å². The van der Waals surface area contributed by atoms with Gasteiger partial charge in [0, 0.05) is 5.56 Å². The lowest BCUT2D eigenvalue weighted by molar-refractivity contribution is -0.819. The lowest BCUT2D eigenvalue weighted by Crippen LogP contribution is -2.80. The summed E-state index contributed by atoms with van der Waals surface area (Å²) in [5.74, 6) is -0.610. The Bertz CT molecular complexity index is 676. The van der Waals surface area contributed by atoms with Crippen molar-refractivity contribution in [3.05, 3.63) is 35.9 Å². The molecule has 6 nitrogen and oxygen atoms in total. The molecule has 23 heavy (non-hydrogen) atoms. The predicted molar refractivity (Wildman–Crippen MR) is 85.7 cm³/mol. The molecule has 2 aliphatic heterocycles. The Balaban J connectivity index is 1.83. The molecule has 2 aliphatic rings. The van der Waals surface area contributed by atoms with Crippen LogP contribution in [0.4, 0.5) is 4.79 Å². The highest BCUT2D eigenvalue weighted by molar-refractivity contribution is 8.01. The largest absolute Gasteiger partial charge is 0.524 e. The number of amides is 3. The average molecular weight is 335 g/mol. The number of fused-ring (bicyclic) bond motifs is 1. The van der Waals surface area contributed by atoms with Gasteiger partial charge in [0.15, 0.2) is 5.37 Å². The molecule has 3 atom stereocenters. The molecule has 2 fully saturated rings. The van der Waals surface area contributed by atoms with E-state index in [0.29, 0.717) is 12.1 Å². The molecule has 3 rings (SSSR count). The first kappa shape index (κ1) is 16.0. The van der Waals surface area contributed by atoms with Crippen molar-refractivity contribution in [2.24, 2.45) is 0 Å². The first-order chi connectivity index (χ1) is 10.8. The molecule has 2 heterocycles. The van der Waals surface area contributed by atoms with Crippen LogP contribution in [0.1, 0.15) is 24.2 Å². The number of nitrogens with zero attached hydrogens (tertiary/aromatic N) is 1. The van der Waals surface area contributed by atoms with Gasteiger partial charge in [-0.15, -0.1) is 4.48 Å². The number of thioether (sulfide) groups is 1. The van der Waals surface area contributed by atoms with E-state index in [1.54, 1.807) is 36.0 Å². The van der Waals surface area contributed by atoms with Crippen molar-refractivity contribution in [3.8, 4) is 0 Å². The van der Waals surface area contributed by atoms with Gasteiger partial charge in [-0.05, 0) is 26.0 Å². The van der Waals surface area contributed by atoms with Gasteiger partial charge in [0.1, 0.15) is 6.54 Å². The zero-order chi connectivity index (χ0) is 16.8. The van der Waals surface area contributed by atoms with Crippen LogP contribution in [0.5, 0.6) is 0 Å². The van der Waals surface area contributed by atoms with Crippen LogP contribution >= 0.6 is 11.8 Å². The summed E-state index contributed by atoms with van der Waals surface area (Å²) >= 11 is 1.55. The third-order valence-corrected chi connectivity index (χ3v) is 5.91. The monoisotopic (exact) mass is 335 g/mol. The fraction of sp³-hybridized carbons (Fsp3) is 0.438. The summed E-state index contributed by atoms with van der Waals surface area (Å²) in [5.41, 5.74) is 0.491. The van der Waals surface area contributed by atoms with Gasteiger partial charge in [0.2, 0.25) is 6.04 Å². The van der Waals surface area contributed by atoms with E-state index in [0.717, 1.165) is 0 Å². The number of quaternary nitrogens is 1. The molecule has 1 N–H and O–H groups in total. The molecule has 1 aromatic carbocycles. The maximum atomic E-state index is 12.7. The van der Waals surface area contributed by atoms with E-state index < -0.39 is 12.1 Å². The summed E-state index contributed by atoms with van der Waals surface area (Å²) < 4.78 is 4.27. The van der Waals surface area contributed by atoms with Crippen LogP contribution in [0.3, 0.4) is 0 Å². The van der Waals surface area contributed by atoms with Crippen LogP contribution in [0.25, 0.3) is 0 Å². The number of carbonyl (C=O) groups excluding carboxylic acids is 3. The number of carbonyl (C=O) groups is 3. The Morgan fingerprint density at radius 3 is 2.57 bits per heavy atom. The fourth-order valence-corrected chi connectivity index (χ4v) is 5.02. The number of β-lactam (4-membered cyclic amide) rings is 1. The molecular weight excluding hydrogens is 316 g/mol. The maximum absolute atomic E-state index is 12.7. The lowest BCUT2D eigenvalue weighted by Gasteiger charge is -2.44. The van der Waals surface area contributed by atoms with Crippen LogP contribution in [-0.2, 0) is 9.53 Å². The van der Waals surface area contributed by atoms with Crippen molar-refractivity contribution in [2.75, 3.05) is 13.7 Å². The van der Waals surface area contributed by atoms with Crippen molar-refractivity contribution < 1.29 is 23.6 Å². The van der Waals surface area contributed by atoms with Crippen LogP contribution in [0, 0.1) is 0 Å². The Labute approximate surface area is 138 Å². The molecule has 1 aromatic rings. The van der Waals surface area contributed by atoms with E-state index in [-0.39, 0.29) is 26.4 Å². The highest BCUT2D eigenvalue weighted by Crippen LogP contribution is 2.52. The lowest BCUT2D eigenvalue weighted by atomic mass is 9.99. The van der Waals surface area contributed by atoms with E-state index in [1.807, 2.05) is 19.9 Å². The normalized spacial score (nSPS) is 31.0. The number of imide groups is 1. The van der Waals surface area contributed by atoms with Crippen LogP contribution in [0.15, 0.2) is 30.3 Å². The summed E-state index contributed by atoms with van der Waals surface area (Å²) in [6.07, 6.45) is -0.553. The molecule has 0 spiro atoms. The van der Waals surface area contributed by atoms with Gasteiger partial charge in [-0.3, -0.25) is 4.79 Å². The number of nitrogens with one attached hydrogen (secondary N) is 1. The minimum absolute atomic E-state index is 0.235. The topological polar surface area (TPSA) is 72.5 Å². The number of ether oxygens (including phenoxy) is 1. The number of benzene rings is 1. The molecule has 2 saturated heterocycles. The predicted octanol–water partition coefficient (Wildman–Crippen LogP) is 1.76. The van der Waals surface area contributed by atoms with Crippen molar-refractivity contribution >= 4 is 29.7 Å². The van der Waals surface area contributed by atoms with Crippen molar-refractivity contribution in [1.82, 2.24) is 5.32 Å². The number of hydrogen-bond acceptors (Lipinski definition) is 5. The van der Waals surface area contributed by atoms with Crippen molar-refractivity contribution in [1.29, 1.82) is 0 Å². The van der Waals surface area contributed by atoms with E-state index in [1.165, 1.54) is 7.11 Å². The zero-order valence-electron chi connectivity index (χ0n) is 13.2. The molecule has 0 saturated carbocycles. The smallest absolute Gasteiger partial charge is 0.423 e. The zero-order valence-corrected chi connectivity index (χ0v) is 14.1. The molecule has 3 amide bonds. The molecule has 7 heteroatoms. The standard InChI is InChI=1S/C16H18N2O4S/c1-16(2)9-18(15(21)22-3)13(20)11(14(18)23-16)17-12(19)10-7-5-4-6-8-10/h4-8,11,14H,9H2,1-3H3/p+1/t11?,14-,18?/m0/s1. The molecule has 0 bridgehead atoms. The van der Waals surface area contributed by atoms with Crippen molar-refractivity contribution in [2.45, 2.75) is 30.0 Å². The third-order valence-electron chi connectivity index (χ3n) is 4.27. The van der Waals surface area contributed by atoms with Crippen LogP contribution in [-0.4, -0.2) is 52.2 Å². The Kier molecular flexibility index (Phi) is 3.72. The van der Waals surface area contributed by atoms with Crippen molar-refractivity contribution in [3.63, 3.8) is 0 Å². The van der Waals surface area contributed by atoms with E-state index in [4.69, 9.17) is 4.74 Å².